The normalized spacial score (nSPS) is 27.2. The Morgan fingerprint density at radius 3 is 2.65 bits per heavy atom. The van der Waals surface area contributed by atoms with Crippen LogP contribution in [-0.2, 0) is 9.59 Å². The summed E-state index contributed by atoms with van der Waals surface area (Å²) in [6.45, 7) is 3.42. The molecule has 0 heterocycles. The van der Waals surface area contributed by atoms with Gasteiger partial charge in [-0.3, -0.25) is 4.79 Å². The molecule has 4 heteroatoms. The molecule has 1 rings (SSSR count). The van der Waals surface area contributed by atoms with E-state index in [0.717, 1.165) is 4.48 Å². The maximum Gasteiger partial charge on any atom is 0.165 e. The Morgan fingerprint density at radius 2 is 2.29 bits per heavy atom. The molecule has 0 aromatic rings. The van der Waals surface area contributed by atoms with Gasteiger partial charge in [0.15, 0.2) is 5.78 Å². The summed E-state index contributed by atoms with van der Waals surface area (Å²) in [6.07, 6.45) is 6.62. The lowest BCUT2D eigenvalue weighted by Gasteiger charge is -2.40. The highest BCUT2D eigenvalue weighted by atomic mass is 79.9. The molecule has 17 heavy (non-hydrogen) atoms. The maximum atomic E-state index is 11.9. The van der Waals surface area contributed by atoms with Crippen molar-refractivity contribution < 1.29 is 14.7 Å². The number of aliphatic hydroxyl groups is 1. The van der Waals surface area contributed by atoms with Crippen molar-refractivity contribution in [1.82, 2.24) is 0 Å². The lowest BCUT2D eigenvalue weighted by atomic mass is 9.65. The van der Waals surface area contributed by atoms with Crippen molar-refractivity contribution in [2.24, 2.45) is 5.41 Å². The summed E-state index contributed by atoms with van der Waals surface area (Å²) >= 11 is 3.30. The molecule has 3 nitrogen and oxygen atoms in total. The average Bonchev–Trinajstić information content (AvgIpc) is 2.38. The summed E-state index contributed by atoms with van der Waals surface area (Å²) in [5, 5.41) is 10.6. The van der Waals surface area contributed by atoms with Crippen LogP contribution in [0.25, 0.3) is 0 Å². The molecule has 1 aliphatic carbocycles. The van der Waals surface area contributed by atoms with Crippen LogP contribution in [0.2, 0.25) is 0 Å². The van der Waals surface area contributed by atoms with Gasteiger partial charge in [-0.05, 0) is 12.8 Å². The van der Waals surface area contributed by atoms with E-state index < -0.39 is 11.0 Å². The SMILES string of the molecule is CCC(=O)[C@@](O)(CC)[C@@]1(C=O)C=CC(Br)=CC1. The number of Topliss-reactive ketones (excluding diaryl/α,β-unsaturated/α-hetero) is 1. The average molecular weight is 301 g/mol. The highest BCUT2D eigenvalue weighted by molar-refractivity contribution is 9.11. The van der Waals surface area contributed by atoms with Crippen LogP contribution in [0.5, 0.6) is 0 Å². The zero-order chi connectivity index (χ0) is 13.1. The summed E-state index contributed by atoms with van der Waals surface area (Å²) < 4.78 is 0.859. The zero-order valence-corrected chi connectivity index (χ0v) is 11.7. The van der Waals surface area contributed by atoms with Gasteiger partial charge in [-0.25, -0.2) is 0 Å². The molecule has 0 aromatic carbocycles. The van der Waals surface area contributed by atoms with Gasteiger partial charge in [0, 0.05) is 10.9 Å². The van der Waals surface area contributed by atoms with Gasteiger partial charge in [-0.1, -0.05) is 48.0 Å². The molecule has 0 spiro atoms. The fourth-order valence-electron chi connectivity index (χ4n) is 2.20. The molecule has 0 saturated heterocycles. The topological polar surface area (TPSA) is 54.4 Å². The monoisotopic (exact) mass is 300 g/mol. The second-order valence-electron chi connectivity index (χ2n) is 4.28. The molecule has 0 saturated carbocycles. The van der Waals surface area contributed by atoms with Crippen LogP contribution in [0.15, 0.2) is 22.7 Å². The second kappa shape index (κ2) is 5.27. The van der Waals surface area contributed by atoms with Gasteiger partial charge in [0.25, 0.3) is 0 Å². The van der Waals surface area contributed by atoms with Crippen LogP contribution in [-0.4, -0.2) is 22.8 Å². The van der Waals surface area contributed by atoms with E-state index >= 15 is 0 Å². The Bertz CT molecular complexity index is 386. The quantitative estimate of drug-likeness (QED) is 0.794. The van der Waals surface area contributed by atoms with Gasteiger partial charge in [-0.15, -0.1) is 0 Å². The van der Waals surface area contributed by atoms with Crippen LogP contribution in [0.3, 0.4) is 0 Å². The summed E-state index contributed by atoms with van der Waals surface area (Å²) in [7, 11) is 0. The minimum atomic E-state index is -1.61. The molecule has 0 amide bonds. The Labute approximate surface area is 110 Å². The van der Waals surface area contributed by atoms with Gasteiger partial charge in [0.2, 0.25) is 0 Å². The third-order valence-electron chi connectivity index (χ3n) is 3.45. The fraction of sp³-hybridized carbons (Fsp3) is 0.538. The summed E-state index contributed by atoms with van der Waals surface area (Å²) in [5.74, 6) is -0.289. The van der Waals surface area contributed by atoms with Gasteiger partial charge in [0.05, 0.1) is 5.41 Å². The Balaban J connectivity index is 3.21. The molecule has 2 atom stereocenters. The minimum absolute atomic E-state index is 0.221. The predicted molar refractivity (Wildman–Crippen MR) is 69.8 cm³/mol. The first-order chi connectivity index (χ1) is 7.95. The summed E-state index contributed by atoms with van der Waals surface area (Å²) in [4.78, 5) is 23.3. The van der Waals surface area contributed by atoms with E-state index in [4.69, 9.17) is 0 Å². The molecule has 94 valence electrons. The molecular weight excluding hydrogens is 284 g/mol. The zero-order valence-electron chi connectivity index (χ0n) is 10.1. The van der Waals surface area contributed by atoms with Gasteiger partial charge >= 0.3 is 0 Å². The number of carbonyl (C=O) groups excluding carboxylic acids is 2. The van der Waals surface area contributed by atoms with E-state index in [-0.39, 0.29) is 18.6 Å². The molecule has 0 aliphatic heterocycles. The second-order valence-corrected chi connectivity index (χ2v) is 5.19. The van der Waals surface area contributed by atoms with Gasteiger partial charge < -0.3 is 9.90 Å². The number of hydrogen-bond donors (Lipinski definition) is 1. The van der Waals surface area contributed by atoms with Crippen LogP contribution in [0, 0.1) is 5.41 Å². The van der Waals surface area contributed by atoms with Crippen molar-refractivity contribution in [2.75, 3.05) is 0 Å². The van der Waals surface area contributed by atoms with Gasteiger partial charge in [0.1, 0.15) is 11.9 Å². The number of carbonyl (C=O) groups is 2. The van der Waals surface area contributed by atoms with Crippen molar-refractivity contribution in [2.45, 2.75) is 38.7 Å². The van der Waals surface area contributed by atoms with Crippen LogP contribution >= 0.6 is 15.9 Å². The third-order valence-corrected chi connectivity index (χ3v) is 4.04. The molecule has 0 radical (unpaired) electrons. The number of ketones is 1. The maximum absolute atomic E-state index is 11.9. The number of rotatable bonds is 5. The molecule has 1 N–H and O–H groups in total. The third kappa shape index (κ3) is 2.29. The van der Waals surface area contributed by atoms with Crippen molar-refractivity contribution in [3.8, 4) is 0 Å². The fourth-order valence-corrected chi connectivity index (χ4v) is 2.49. The van der Waals surface area contributed by atoms with Crippen LogP contribution in [0.1, 0.15) is 33.1 Å². The van der Waals surface area contributed by atoms with E-state index in [2.05, 4.69) is 15.9 Å². The Morgan fingerprint density at radius 1 is 1.65 bits per heavy atom. The van der Waals surface area contributed by atoms with E-state index in [0.29, 0.717) is 12.7 Å². The smallest absolute Gasteiger partial charge is 0.165 e. The standard InChI is InChI=1S/C13H17BrO3/c1-3-11(16)13(17,4-2)12(9-15)7-5-10(14)6-8-12/h5-7,9,17H,3-4,8H2,1-2H3/t12-,13-/m0/s1. The number of allylic oxidation sites excluding steroid dienone is 3. The van der Waals surface area contributed by atoms with E-state index in [1.165, 1.54) is 0 Å². The number of halogens is 1. The van der Waals surface area contributed by atoms with Crippen LogP contribution in [0.4, 0.5) is 0 Å². The van der Waals surface area contributed by atoms with E-state index in [1.807, 2.05) is 0 Å². The molecular formula is C13H17BrO3. The first-order valence-electron chi connectivity index (χ1n) is 5.72. The molecule has 0 aromatic heterocycles. The van der Waals surface area contributed by atoms with Crippen molar-refractivity contribution in [3.05, 3.63) is 22.7 Å². The number of hydrogen-bond acceptors (Lipinski definition) is 3. The summed E-state index contributed by atoms with van der Waals surface area (Å²) in [6, 6.07) is 0. The van der Waals surface area contributed by atoms with Crippen molar-refractivity contribution in [3.63, 3.8) is 0 Å². The van der Waals surface area contributed by atoms with E-state index in [1.54, 1.807) is 32.1 Å². The summed E-state index contributed by atoms with van der Waals surface area (Å²) in [5.41, 5.74) is -2.74. The lowest BCUT2D eigenvalue weighted by molar-refractivity contribution is -0.154. The predicted octanol–water partition coefficient (Wildman–Crippen LogP) is 2.53. The first kappa shape index (κ1) is 14.3. The molecule has 1 aliphatic rings. The Hall–Kier alpha value is -0.740. The Kier molecular flexibility index (Phi) is 4.44. The van der Waals surface area contributed by atoms with Crippen molar-refractivity contribution >= 4 is 28.0 Å². The highest BCUT2D eigenvalue weighted by Crippen LogP contribution is 2.42. The number of aldehydes is 1. The first-order valence-corrected chi connectivity index (χ1v) is 6.52. The minimum Gasteiger partial charge on any atom is -0.381 e. The van der Waals surface area contributed by atoms with Crippen LogP contribution < -0.4 is 0 Å². The largest absolute Gasteiger partial charge is 0.381 e. The molecule has 0 fully saturated rings. The molecule has 0 unspecified atom stereocenters. The highest BCUT2D eigenvalue weighted by Gasteiger charge is 2.51. The van der Waals surface area contributed by atoms with E-state index in [9.17, 15) is 14.7 Å². The van der Waals surface area contributed by atoms with Crippen molar-refractivity contribution in [1.29, 1.82) is 0 Å². The van der Waals surface area contributed by atoms with Gasteiger partial charge in [-0.2, -0.15) is 0 Å². The lowest BCUT2D eigenvalue weighted by Crippen LogP contribution is -2.54. The molecule has 0 bridgehead atoms.